The fraction of sp³-hybridized carbons (Fsp3) is 0.889. The molecule has 0 aromatic carbocycles. The van der Waals surface area contributed by atoms with Gasteiger partial charge in [0.25, 0.3) is 0 Å². The molecule has 96 valence electrons. The summed E-state index contributed by atoms with van der Waals surface area (Å²) >= 11 is 0. The quantitative estimate of drug-likeness (QED) is 0.723. The molecule has 0 fully saturated rings. The van der Waals surface area contributed by atoms with Crippen molar-refractivity contribution in [1.82, 2.24) is 10.2 Å². The lowest BCUT2D eigenvalue weighted by molar-refractivity contribution is -0.192. The first-order valence-electron chi connectivity index (χ1n) is 4.82. The molecule has 0 heterocycles. The molecule has 0 bridgehead atoms. The lowest BCUT2D eigenvalue weighted by Crippen LogP contribution is -2.44. The van der Waals surface area contributed by atoms with Crippen LogP contribution in [0.25, 0.3) is 0 Å². The summed E-state index contributed by atoms with van der Waals surface area (Å²) < 4.78 is 36.8. The maximum atomic E-state index is 12.3. The van der Waals surface area contributed by atoms with Crippen LogP contribution in [0.1, 0.15) is 6.92 Å². The Morgan fingerprint density at radius 2 is 1.94 bits per heavy atom. The first-order valence-corrected chi connectivity index (χ1v) is 4.82. The summed E-state index contributed by atoms with van der Waals surface area (Å²) in [5.74, 6) is -4.20. The van der Waals surface area contributed by atoms with Crippen molar-refractivity contribution < 1.29 is 23.1 Å². The largest absolute Gasteiger partial charge is 0.481 e. The number of carbonyl (C=O) groups is 1. The molecule has 0 saturated carbocycles. The van der Waals surface area contributed by atoms with Crippen molar-refractivity contribution in [3.8, 4) is 0 Å². The van der Waals surface area contributed by atoms with Crippen molar-refractivity contribution in [3.05, 3.63) is 0 Å². The molecule has 0 saturated heterocycles. The zero-order valence-electron chi connectivity index (χ0n) is 9.51. The highest BCUT2D eigenvalue weighted by Crippen LogP contribution is 2.25. The van der Waals surface area contributed by atoms with Gasteiger partial charge >= 0.3 is 12.1 Å². The summed E-state index contributed by atoms with van der Waals surface area (Å²) in [6, 6.07) is -0.195. The van der Waals surface area contributed by atoms with Crippen LogP contribution in [0.15, 0.2) is 0 Å². The second-order valence-corrected chi connectivity index (χ2v) is 4.00. The number of hydrogen-bond donors (Lipinski definition) is 2. The number of carboxylic acid groups (broad SMARTS) is 1. The highest BCUT2D eigenvalue weighted by Gasteiger charge is 2.44. The molecule has 16 heavy (non-hydrogen) atoms. The van der Waals surface area contributed by atoms with Gasteiger partial charge in [0, 0.05) is 19.1 Å². The van der Waals surface area contributed by atoms with E-state index >= 15 is 0 Å². The number of carboxylic acids is 1. The van der Waals surface area contributed by atoms with Gasteiger partial charge in [-0.05, 0) is 21.0 Å². The second kappa shape index (κ2) is 6.05. The molecule has 0 aliphatic heterocycles. The number of nitrogens with zero attached hydrogens (tertiary/aromatic N) is 1. The monoisotopic (exact) mass is 242 g/mol. The van der Waals surface area contributed by atoms with Crippen LogP contribution in [-0.2, 0) is 4.79 Å². The summed E-state index contributed by atoms with van der Waals surface area (Å²) in [4.78, 5) is 12.2. The van der Waals surface area contributed by atoms with Crippen LogP contribution in [0, 0.1) is 5.92 Å². The van der Waals surface area contributed by atoms with Crippen molar-refractivity contribution >= 4 is 5.97 Å². The fourth-order valence-corrected chi connectivity index (χ4v) is 1.27. The van der Waals surface area contributed by atoms with E-state index < -0.39 is 24.6 Å². The van der Waals surface area contributed by atoms with Gasteiger partial charge < -0.3 is 15.3 Å². The first kappa shape index (κ1) is 15.2. The third-order valence-electron chi connectivity index (χ3n) is 2.00. The van der Waals surface area contributed by atoms with E-state index in [0.717, 1.165) is 0 Å². The molecule has 2 unspecified atom stereocenters. The number of nitrogens with one attached hydrogen (secondary N) is 1. The topological polar surface area (TPSA) is 52.6 Å². The summed E-state index contributed by atoms with van der Waals surface area (Å²) in [5.41, 5.74) is 0. The summed E-state index contributed by atoms with van der Waals surface area (Å²) in [5, 5.41) is 11.0. The van der Waals surface area contributed by atoms with Crippen LogP contribution >= 0.6 is 0 Å². The average Bonchev–Trinajstić information content (AvgIpc) is 1.98. The SMILES string of the molecule is CC(CN(C)C)NCC(C(=O)O)C(F)(F)F. The van der Waals surface area contributed by atoms with Gasteiger partial charge in [0.2, 0.25) is 0 Å². The minimum atomic E-state index is -4.71. The van der Waals surface area contributed by atoms with Crippen molar-refractivity contribution in [2.45, 2.75) is 19.1 Å². The van der Waals surface area contributed by atoms with Crippen LogP contribution in [0.2, 0.25) is 0 Å². The van der Waals surface area contributed by atoms with Crippen LogP contribution < -0.4 is 5.32 Å². The lowest BCUT2D eigenvalue weighted by atomic mass is 10.1. The van der Waals surface area contributed by atoms with Crippen LogP contribution in [0.5, 0.6) is 0 Å². The molecule has 0 amide bonds. The molecule has 0 rings (SSSR count). The molecule has 0 aliphatic rings. The Bertz CT molecular complexity index is 231. The molecule has 7 heteroatoms. The van der Waals surface area contributed by atoms with Crippen LogP contribution in [0.4, 0.5) is 13.2 Å². The number of halogens is 3. The summed E-state index contributed by atoms with van der Waals surface area (Å²) in [6.45, 7) is 1.65. The van der Waals surface area contributed by atoms with Gasteiger partial charge in [0.1, 0.15) is 0 Å². The Morgan fingerprint density at radius 3 is 2.25 bits per heavy atom. The van der Waals surface area contributed by atoms with Gasteiger partial charge in [0.05, 0.1) is 0 Å². The minimum absolute atomic E-state index is 0.195. The Morgan fingerprint density at radius 1 is 1.44 bits per heavy atom. The third kappa shape index (κ3) is 5.92. The Kier molecular flexibility index (Phi) is 5.74. The molecule has 0 aromatic heterocycles. The normalized spacial score (nSPS) is 16.2. The Balaban J connectivity index is 4.19. The van der Waals surface area contributed by atoms with Gasteiger partial charge in [-0.2, -0.15) is 13.2 Å². The van der Waals surface area contributed by atoms with Crippen LogP contribution in [0.3, 0.4) is 0 Å². The highest BCUT2D eigenvalue weighted by atomic mass is 19.4. The molecule has 2 atom stereocenters. The lowest BCUT2D eigenvalue weighted by Gasteiger charge is -2.22. The van der Waals surface area contributed by atoms with Crippen LogP contribution in [-0.4, -0.2) is 55.4 Å². The number of hydrogen-bond acceptors (Lipinski definition) is 3. The van der Waals surface area contributed by atoms with Crippen molar-refractivity contribution in [2.24, 2.45) is 5.92 Å². The zero-order valence-corrected chi connectivity index (χ0v) is 9.51. The smallest absolute Gasteiger partial charge is 0.403 e. The molecule has 0 aromatic rings. The van der Waals surface area contributed by atoms with E-state index in [2.05, 4.69) is 5.32 Å². The Hall–Kier alpha value is -0.820. The molecular weight excluding hydrogens is 225 g/mol. The first-order chi connectivity index (χ1) is 7.14. The van der Waals surface area contributed by atoms with E-state index in [-0.39, 0.29) is 6.04 Å². The molecule has 4 nitrogen and oxygen atoms in total. The molecular formula is C9H17F3N2O2. The second-order valence-electron chi connectivity index (χ2n) is 4.00. The fourth-order valence-electron chi connectivity index (χ4n) is 1.27. The van der Waals surface area contributed by atoms with E-state index in [1.807, 2.05) is 0 Å². The molecule has 0 radical (unpaired) electrons. The standard InChI is InChI=1S/C9H17F3N2O2/c1-6(5-14(2)3)13-4-7(8(15)16)9(10,11)12/h6-7,13H,4-5H2,1-3H3,(H,15,16). The number of aliphatic carboxylic acids is 1. The van der Waals surface area contributed by atoms with Gasteiger partial charge in [-0.25, -0.2) is 0 Å². The molecule has 0 aliphatic carbocycles. The third-order valence-corrected chi connectivity index (χ3v) is 2.00. The van der Waals surface area contributed by atoms with Gasteiger partial charge in [-0.3, -0.25) is 4.79 Å². The maximum Gasteiger partial charge on any atom is 0.403 e. The van der Waals surface area contributed by atoms with Gasteiger partial charge in [-0.1, -0.05) is 0 Å². The number of rotatable bonds is 6. The molecule has 0 spiro atoms. The van der Waals surface area contributed by atoms with E-state index in [1.54, 1.807) is 25.9 Å². The zero-order chi connectivity index (χ0) is 12.9. The van der Waals surface area contributed by atoms with E-state index in [9.17, 15) is 18.0 Å². The predicted molar refractivity (Wildman–Crippen MR) is 53.2 cm³/mol. The van der Waals surface area contributed by atoms with Crippen molar-refractivity contribution in [1.29, 1.82) is 0 Å². The van der Waals surface area contributed by atoms with Crippen molar-refractivity contribution in [3.63, 3.8) is 0 Å². The van der Waals surface area contributed by atoms with E-state index in [4.69, 9.17) is 5.11 Å². The Labute approximate surface area is 92.4 Å². The van der Waals surface area contributed by atoms with Gasteiger partial charge in [-0.15, -0.1) is 0 Å². The average molecular weight is 242 g/mol. The maximum absolute atomic E-state index is 12.3. The summed E-state index contributed by atoms with van der Waals surface area (Å²) in [7, 11) is 3.58. The minimum Gasteiger partial charge on any atom is -0.481 e. The predicted octanol–water partition coefficient (Wildman–Crippen LogP) is 0.789. The number of likely N-dealkylation sites (N-methyl/N-ethyl adjacent to an activating group) is 1. The number of alkyl halides is 3. The molecule has 2 N–H and O–H groups in total. The van der Waals surface area contributed by atoms with E-state index in [0.29, 0.717) is 6.54 Å². The summed E-state index contributed by atoms with van der Waals surface area (Å²) in [6.07, 6.45) is -4.71. The highest BCUT2D eigenvalue weighted by molar-refractivity contribution is 5.71. The van der Waals surface area contributed by atoms with Gasteiger partial charge in [0.15, 0.2) is 5.92 Å². The van der Waals surface area contributed by atoms with Crippen molar-refractivity contribution in [2.75, 3.05) is 27.2 Å². The van der Waals surface area contributed by atoms with E-state index in [1.165, 1.54) is 0 Å².